The van der Waals surface area contributed by atoms with E-state index in [-0.39, 0.29) is 17.3 Å². The smallest absolute Gasteiger partial charge is 0.232 e. The number of sulfone groups is 1. The van der Waals surface area contributed by atoms with Crippen LogP contribution in [-0.2, 0) is 9.84 Å². The van der Waals surface area contributed by atoms with E-state index in [4.69, 9.17) is 5.26 Å². The van der Waals surface area contributed by atoms with Crippen LogP contribution in [0.1, 0.15) is 24.0 Å². The number of aryl methyl sites for hydroxylation is 2. The minimum Gasteiger partial charge on any atom is -0.291 e. The Labute approximate surface area is 124 Å². The zero-order valence-corrected chi connectivity index (χ0v) is 12.9. The minimum atomic E-state index is -3.49. The van der Waals surface area contributed by atoms with Crippen LogP contribution in [0.15, 0.2) is 35.7 Å². The molecule has 1 heterocycles. The number of unbranched alkanes of at least 4 members (excludes halogenated alkanes) is 1. The van der Waals surface area contributed by atoms with Gasteiger partial charge in [0, 0.05) is 24.5 Å². The second-order valence-corrected chi connectivity index (χ2v) is 7.01. The number of imidazole rings is 1. The fourth-order valence-electron chi connectivity index (χ4n) is 2.24. The molecule has 0 saturated heterocycles. The summed E-state index contributed by atoms with van der Waals surface area (Å²) in [6.45, 7) is 3.93. The van der Waals surface area contributed by atoms with Gasteiger partial charge in [0.2, 0.25) is 15.0 Å². The van der Waals surface area contributed by atoms with Gasteiger partial charge >= 0.3 is 0 Å². The summed E-state index contributed by atoms with van der Waals surface area (Å²) in [6, 6.07) is 7.82. The number of nitriles is 1. The van der Waals surface area contributed by atoms with Crippen LogP contribution in [0.25, 0.3) is 5.69 Å². The summed E-state index contributed by atoms with van der Waals surface area (Å²) < 4.78 is 26.3. The maximum Gasteiger partial charge on any atom is 0.232 e. The van der Waals surface area contributed by atoms with Gasteiger partial charge in [-0.2, -0.15) is 5.26 Å². The van der Waals surface area contributed by atoms with Crippen molar-refractivity contribution >= 4 is 9.84 Å². The van der Waals surface area contributed by atoms with Crippen LogP contribution in [0.2, 0.25) is 0 Å². The maximum atomic E-state index is 12.3. The summed E-state index contributed by atoms with van der Waals surface area (Å²) in [4.78, 5) is 3.99. The van der Waals surface area contributed by atoms with Crippen molar-refractivity contribution < 1.29 is 8.42 Å². The second kappa shape index (κ2) is 6.10. The highest BCUT2D eigenvalue weighted by molar-refractivity contribution is 7.91. The highest BCUT2D eigenvalue weighted by atomic mass is 32.2. The first-order valence-electron chi connectivity index (χ1n) is 6.66. The molecular formula is C15H17N3O2S. The fourth-order valence-corrected chi connectivity index (χ4v) is 3.63. The van der Waals surface area contributed by atoms with Gasteiger partial charge in [0.25, 0.3) is 0 Å². The monoisotopic (exact) mass is 303 g/mol. The van der Waals surface area contributed by atoms with Crippen molar-refractivity contribution in [3.63, 3.8) is 0 Å². The standard InChI is InChI=1S/C15H17N3O2S/c1-12-9-13(2)11-14(10-12)18-7-6-17-15(18)21(19,20)8-4-3-5-16/h6-7,9-11H,3-4,8H2,1-2H3. The number of hydrogen-bond donors (Lipinski definition) is 0. The Morgan fingerprint density at radius 3 is 2.52 bits per heavy atom. The second-order valence-electron chi connectivity index (χ2n) is 5.01. The SMILES string of the molecule is Cc1cc(C)cc(-n2ccnc2S(=O)(=O)CCCC#N)c1. The Morgan fingerprint density at radius 2 is 1.90 bits per heavy atom. The first kappa shape index (κ1) is 15.3. The minimum absolute atomic E-state index is 0.0328. The third-order valence-electron chi connectivity index (χ3n) is 3.07. The van der Waals surface area contributed by atoms with E-state index in [1.165, 1.54) is 6.20 Å². The summed E-state index contributed by atoms with van der Waals surface area (Å²) >= 11 is 0. The van der Waals surface area contributed by atoms with Crippen LogP contribution in [0.3, 0.4) is 0 Å². The lowest BCUT2D eigenvalue weighted by atomic mass is 10.1. The van der Waals surface area contributed by atoms with Crippen LogP contribution in [-0.4, -0.2) is 23.7 Å². The molecule has 1 aromatic heterocycles. The molecule has 21 heavy (non-hydrogen) atoms. The van der Waals surface area contributed by atoms with Gasteiger partial charge in [0.15, 0.2) is 0 Å². The van der Waals surface area contributed by atoms with E-state index in [1.54, 1.807) is 10.8 Å². The molecule has 0 aliphatic heterocycles. The third kappa shape index (κ3) is 3.50. The van der Waals surface area contributed by atoms with Gasteiger partial charge in [0.05, 0.1) is 11.8 Å². The molecule has 0 fully saturated rings. The molecule has 1 aromatic carbocycles. The third-order valence-corrected chi connectivity index (χ3v) is 4.76. The average molecular weight is 303 g/mol. The summed E-state index contributed by atoms with van der Waals surface area (Å²) in [5.41, 5.74) is 2.90. The molecule has 0 aliphatic carbocycles. The lowest BCUT2D eigenvalue weighted by Gasteiger charge is -2.10. The number of nitrogens with zero attached hydrogens (tertiary/aromatic N) is 3. The van der Waals surface area contributed by atoms with Crippen LogP contribution in [0.5, 0.6) is 0 Å². The molecule has 0 unspecified atom stereocenters. The summed E-state index contributed by atoms with van der Waals surface area (Å²) in [5.74, 6) is -0.0671. The Hall–Kier alpha value is -2.13. The van der Waals surface area contributed by atoms with E-state index in [2.05, 4.69) is 4.98 Å². The predicted octanol–water partition coefficient (Wildman–Crippen LogP) is 2.57. The van der Waals surface area contributed by atoms with Crippen LogP contribution in [0, 0.1) is 25.2 Å². The van der Waals surface area contributed by atoms with E-state index >= 15 is 0 Å². The Kier molecular flexibility index (Phi) is 4.43. The number of rotatable bonds is 5. The summed E-state index contributed by atoms with van der Waals surface area (Å²) in [5, 5.41) is 8.55. The van der Waals surface area contributed by atoms with E-state index in [0.717, 1.165) is 16.8 Å². The molecular weight excluding hydrogens is 286 g/mol. The predicted molar refractivity (Wildman–Crippen MR) is 79.9 cm³/mol. The van der Waals surface area contributed by atoms with Gasteiger partial charge in [-0.1, -0.05) is 6.07 Å². The summed E-state index contributed by atoms with van der Waals surface area (Å²) in [7, 11) is -3.49. The van der Waals surface area contributed by atoms with Crippen LogP contribution < -0.4 is 0 Å². The van der Waals surface area contributed by atoms with Crippen molar-refractivity contribution in [2.75, 3.05) is 5.75 Å². The Balaban J connectivity index is 2.41. The molecule has 0 N–H and O–H groups in total. The van der Waals surface area contributed by atoms with E-state index < -0.39 is 9.84 Å². The zero-order chi connectivity index (χ0) is 15.5. The van der Waals surface area contributed by atoms with Gasteiger partial charge in [-0.05, 0) is 43.5 Å². The largest absolute Gasteiger partial charge is 0.291 e. The lowest BCUT2D eigenvalue weighted by Crippen LogP contribution is -2.13. The molecule has 0 saturated carbocycles. The van der Waals surface area contributed by atoms with Crippen molar-refractivity contribution in [2.24, 2.45) is 0 Å². The molecule has 2 rings (SSSR count). The molecule has 0 bridgehead atoms. The number of benzene rings is 1. The lowest BCUT2D eigenvalue weighted by molar-refractivity contribution is 0.582. The van der Waals surface area contributed by atoms with Crippen LogP contribution in [0.4, 0.5) is 0 Å². The zero-order valence-electron chi connectivity index (χ0n) is 12.1. The highest BCUT2D eigenvalue weighted by Crippen LogP contribution is 2.19. The Bertz CT molecular complexity index is 765. The number of aromatic nitrogens is 2. The maximum absolute atomic E-state index is 12.3. The average Bonchev–Trinajstić information content (AvgIpc) is 2.87. The summed E-state index contributed by atoms with van der Waals surface area (Å²) in [6.07, 6.45) is 3.67. The topological polar surface area (TPSA) is 75.8 Å². The molecule has 110 valence electrons. The molecule has 0 atom stereocenters. The van der Waals surface area contributed by atoms with Gasteiger partial charge in [-0.15, -0.1) is 0 Å². The van der Waals surface area contributed by atoms with Crippen LogP contribution >= 0.6 is 0 Å². The van der Waals surface area contributed by atoms with E-state index in [9.17, 15) is 8.42 Å². The molecule has 5 nitrogen and oxygen atoms in total. The van der Waals surface area contributed by atoms with Crippen molar-refractivity contribution in [3.8, 4) is 11.8 Å². The first-order chi connectivity index (χ1) is 9.94. The van der Waals surface area contributed by atoms with Gasteiger partial charge in [-0.3, -0.25) is 4.57 Å². The van der Waals surface area contributed by atoms with Crippen molar-refractivity contribution in [1.82, 2.24) is 9.55 Å². The molecule has 0 radical (unpaired) electrons. The molecule has 0 spiro atoms. The first-order valence-corrected chi connectivity index (χ1v) is 8.31. The van der Waals surface area contributed by atoms with Crippen molar-refractivity contribution in [1.29, 1.82) is 5.26 Å². The molecule has 2 aromatic rings. The van der Waals surface area contributed by atoms with Gasteiger partial charge < -0.3 is 0 Å². The molecule has 6 heteroatoms. The van der Waals surface area contributed by atoms with E-state index in [0.29, 0.717) is 6.42 Å². The van der Waals surface area contributed by atoms with E-state index in [1.807, 2.05) is 38.1 Å². The molecule has 0 amide bonds. The van der Waals surface area contributed by atoms with Crippen molar-refractivity contribution in [2.45, 2.75) is 31.8 Å². The Morgan fingerprint density at radius 1 is 1.24 bits per heavy atom. The fraction of sp³-hybridized carbons (Fsp3) is 0.333. The quantitative estimate of drug-likeness (QED) is 0.795. The normalized spacial score (nSPS) is 11.3. The number of hydrogen-bond acceptors (Lipinski definition) is 4. The highest BCUT2D eigenvalue weighted by Gasteiger charge is 2.21. The van der Waals surface area contributed by atoms with Crippen molar-refractivity contribution in [3.05, 3.63) is 41.7 Å². The molecule has 0 aliphatic rings. The van der Waals surface area contributed by atoms with Gasteiger partial charge in [-0.25, -0.2) is 13.4 Å². The van der Waals surface area contributed by atoms with Gasteiger partial charge in [0.1, 0.15) is 0 Å².